The molecular weight excluding hydrogens is 1210 g/mol. The SMILES string of the molecule is CC/C=C\C/C=C\C/C=C\C/C=C\C/C=C\CCCC(=O)OCC(COP(=O)(O)OCC(O)COP(=O)(O)OCC(COC(=O)CCCCCCC/C=C\CCCC)OC(=O)CCCCCCCCCCCCC)OC(=O)CCCCCCC/C=C\CCCCCC. The number of unbranched alkanes of at least 4 members (excludes halogenated alkanes) is 27. The summed E-state index contributed by atoms with van der Waals surface area (Å²) in [6.45, 7) is 4.61. The number of phosphoric acid groups is 2. The summed E-state index contributed by atoms with van der Waals surface area (Å²) in [6.07, 6.45) is 64.6. The van der Waals surface area contributed by atoms with E-state index in [-0.39, 0.29) is 25.7 Å². The average molecular weight is 1340 g/mol. The molecular formula is C73H128O17P2. The van der Waals surface area contributed by atoms with E-state index in [9.17, 15) is 43.2 Å². The summed E-state index contributed by atoms with van der Waals surface area (Å²) in [4.78, 5) is 72.5. The number of esters is 4. The van der Waals surface area contributed by atoms with Crippen molar-refractivity contribution >= 4 is 39.5 Å². The predicted octanol–water partition coefficient (Wildman–Crippen LogP) is 19.9. The van der Waals surface area contributed by atoms with Gasteiger partial charge in [0.2, 0.25) is 0 Å². The molecule has 5 atom stereocenters. The number of allylic oxidation sites excluding steroid dienone is 14. The van der Waals surface area contributed by atoms with Gasteiger partial charge in [0.1, 0.15) is 19.3 Å². The van der Waals surface area contributed by atoms with Gasteiger partial charge >= 0.3 is 39.5 Å². The highest BCUT2D eigenvalue weighted by molar-refractivity contribution is 7.47. The van der Waals surface area contributed by atoms with E-state index in [1.165, 1.54) is 77.0 Å². The van der Waals surface area contributed by atoms with Crippen molar-refractivity contribution in [3.8, 4) is 0 Å². The molecule has 0 aromatic heterocycles. The van der Waals surface area contributed by atoms with Crippen LogP contribution in [-0.4, -0.2) is 96.7 Å². The summed E-state index contributed by atoms with van der Waals surface area (Å²) < 4.78 is 68.1. The number of rotatable bonds is 67. The Morgan fingerprint density at radius 2 is 0.587 bits per heavy atom. The van der Waals surface area contributed by atoms with Gasteiger partial charge < -0.3 is 33.8 Å². The summed E-state index contributed by atoms with van der Waals surface area (Å²) in [5.41, 5.74) is 0. The van der Waals surface area contributed by atoms with Crippen LogP contribution in [0.5, 0.6) is 0 Å². The van der Waals surface area contributed by atoms with E-state index in [2.05, 4.69) is 101 Å². The Morgan fingerprint density at radius 3 is 0.967 bits per heavy atom. The molecule has 19 heteroatoms. The normalized spacial score (nSPS) is 14.6. The van der Waals surface area contributed by atoms with Crippen LogP contribution in [0.1, 0.15) is 297 Å². The lowest BCUT2D eigenvalue weighted by molar-refractivity contribution is -0.161. The van der Waals surface area contributed by atoms with Crippen LogP contribution in [0.15, 0.2) is 85.1 Å². The zero-order valence-corrected chi connectivity index (χ0v) is 59.5. The molecule has 0 bridgehead atoms. The first-order chi connectivity index (χ1) is 44.7. The lowest BCUT2D eigenvalue weighted by Gasteiger charge is -2.21. The predicted molar refractivity (Wildman–Crippen MR) is 372 cm³/mol. The Labute approximate surface area is 557 Å². The quantitative estimate of drug-likeness (QED) is 0.0169. The van der Waals surface area contributed by atoms with Gasteiger partial charge in [-0.05, 0) is 109 Å². The molecule has 0 radical (unpaired) electrons. The van der Waals surface area contributed by atoms with Gasteiger partial charge in [0.15, 0.2) is 12.2 Å². The molecule has 0 fully saturated rings. The second-order valence-corrected chi connectivity index (χ2v) is 26.7. The van der Waals surface area contributed by atoms with Crippen LogP contribution in [0, 0.1) is 0 Å². The summed E-state index contributed by atoms with van der Waals surface area (Å²) in [5, 5.41) is 10.6. The van der Waals surface area contributed by atoms with Gasteiger partial charge in [-0.15, -0.1) is 0 Å². The molecule has 532 valence electrons. The molecule has 0 aliphatic heterocycles. The molecule has 3 N–H and O–H groups in total. The Bertz CT molecular complexity index is 2090. The van der Waals surface area contributed by atoms with Crippen molar-refractivity contribution in [2.45, 2.75) is 316 Å². The Morgan fingerprint density at radius 1 is 0.315 bits per heavy atom. The summed E-state index contributed by atoms with van der Waals surface area (Å²) >= 11 is 0. The van der Waals surface area contributed by atoms with E-state index in [1.54, 1.807) is 0 Å². The van der Waals surface area contributed by atoms with Crippen molar-refractivity contribution in [3.63, 3.8) is 0 Å². The first-order valence-electron chi connectivity index (χ1n) is 35.8. The third kappa shape index (κ3) is 64.9. The molecule has 0 aliphatic carbocycles. The van der Waals surface area contributed by atoms with Crippen molar-refractivity contribution in [2.75, 3.05) is 39.6 Å². The maximum atomic E-state index is 13.0. The van der Waals surface area contributed by atoms with Crippen LogP contribution in [-0.2, 0) is 65.4 Å². The average Bonchev–Trinajstić information content (AvgIpc) is 2.89. The van der Waals surface area contributed by atoms with E-state index >= 15 is 0 Å². The van der Waals surface area contributed by atoms with E-state index in [0.29, 0.717) is 32.1 Å². The number of hydrogen-bond acceptors (Lipinski definition) is 15. The van der Waals surface area contributed by atoms with Crippen molar-refractivity contribution in [2.24, 2.45) is 0 Å². The molecule has 0 aliphatic rings. The Hall–Kier alpha value is -3.76. The van der Waals surface area contributed by atoms with Crippen molar-refractivity contribution in [1.82, 2.24) is 0 Å². The van der Waals surface area contributed by atoms with Crippen molar-refractivity contribution < 1.29 is 80.2 Å². The van der Waals surface area contributed by atoms with Crippen molar-refractivity contribution in [3.05, 3.63) is 85.1 Å². The smallest absolute Gasteiger partial charge is 0.462 e. The summed E-state index contributed by atoms with van der Waals surface area (Å²) in [6, 6.07) is 0. The van der Waals surface area contributed by atoms with Gasteiger partial charge in [-0.1, -0.05) is 248 Å². The second kappa shape index (κ2) is 65.9. The summed E-state index contributed by atoms with van der Waals surface area (Å²) in [5.74, 6) is -2.25. The van der Waals surface area contributed by atoms with E-state index in [1.807, 2.05) is 12.2 Å². The molecule has 92 heavy (non-hydrogen) atoms. The molecule has 17 nitrogen and oxygen atoms in total. The minimum atomic E-state index is -4.98. The fourth-order valence-corrected chi connectivity index (χ4v) is 10.9. The zero-order chi connectivity index (χ0) is 67.5. The third-order valence-electron chi connectivity index (χ3n) is 14.8. The fourth-order valence-electron chi connectivity index (χ4n) is 9.35. The monoisotopic (exact) mass is 1340 g/mol. The first-order valence-corrected chi connectivity index (χ1v) is 38.8. The maximum absolute atomic E-state index is 13.0. The molecule has 0 amide bonds. The number of ether oxygens (including phenoxy) is 4. The van der Waals surface area contributed by atoms with Gasteiger partial charge in [0.05, 0.1) is 26.4 Å². The molecule has 0 spiro atoms. The highest BCUT2D eigenvalue weighted by Crippen LogP contribution is 2.45. The van der Waals surface area contributed by atoms with E-state index in [4.69, 9.17) is 37.0 Å². The minimum absolute atomic E-state index is 0.0736. The number of carbonyl (C=O) groups is 4. The molecule has 0 saturated carbocycles. The standard InChI is InChI=1S/C73H128O17P2/c1-5-9-13-17-21-25-29-31-32-33-34-36-39-42-46-50-54-58-71(76)84-64-69(90-73(78)60-56-52-48-44-40-35-30-26-22-18-14-10-6-2)66-88-92(81,82)86-62-67(74)61-85-91(79,80)87-65-68(89-72(77)59-55-51-47-43-38-28-24-20-16-12-8-4)63-83-70(75)57-53-49-45-41-37-27-23-19-15-11-7-3/h9,13,19,21,23,25-26,30-32,34,36,42,46,67-69,74H,5-8,10-12,14-18,20,22,24,27-29,33,35,37-41,43-45,47-66H2,1-4H3,(H,79,80)(H,81,82)/b13-9-,23-19-,25-21-,30-26-,32-31-,36-34-,46-42-. The molecule has 0 aromatic carbocycles. The third-order valence-corrected chi connectivity index (χ3v) is 16.7. The van der Waals surface area contributed by atoms with Crippen LogP contribution in [0.4, 0.5) is 0 Å². The van der Waals surface area contributed by atoms with Gasteiger partial charge in [0.25, 0.3) is 0 Å². The minimum Gasteiger partial charge on any atom is -0.462 e. The van der Waals surface area contributed by atoms with Gasteiger partial charge in [0, 0.05) is 25.7 Å². The molecule has 0 rings (SSSR count). The zero-order valence-electron chi connectivity index (χ0n) is 57.7. The number of carbonyl (C=O) groups excluding carboxylic acids is 4. The Kier molecular flexibility index (Phi) is 63.2. The molecule has 0 aromatic rings. The lowest BCUT2D eigenvalue weighted by atomic mass is 10.1. The van der Waals surface area contributed by atoms with Gasteiger partial charge in [-0.2, -0.15) is 0 Å². The van der Waals surface area contributed by atoms with Crippen LogP contribution in [0.25, 0.3) is 0 Å². The van der Waals surface area contributed by atoms with Crippen LogP contribution in [0.2, 0.25) is 0 Å². The highest BCUT2D eigenvalue weighted by Gasteiger charge is 2.30. The maximum Gasteiger partial charge on any atom is 0.472 e. The molecule has 0 heterocycles. The first kappa shape index (κ1) is 88.2. The fraction of sp³-hybridized carbons (Fsp3) is 0.753. The molecule has 0 saturated heterocycles. The topological polar surface area (TPSA) is 237 Å². The van der Waals surface area contributed by atoms with Gasteiger partial charge in [-0.25, -0.2) is 9.13 Å². The number of hydrogen-bond donors (Lipinski definition) is 3. The van der Waals surface area contributed by atoms with E-state index in [0.717, 1.165) is 135 Å². The van der Waals surface area contributed by atoms with Gasteiger partial charge in [-0.3, -0.25) is 37.3 Å². The largest absolute Gasteiger partial charge is 0.472 e. The highest BCUT2D eigenvalue weighted by atomic mass is 31.2. The number of aliphatic hydroxyl groups is 1. The van der Waals surface area contributed by atoms with Crippen LogP contribution >= 0.6 is 15.6 Å². The lowest BCUT2D eigenvalue weighted by Crippen LogP contribution is -2.30. The second-order valence-electron chi connectivity index (χ2n) is 23.8. The number of aliphatic hydroxyl groups excluding tert-OH is 1. The number of phosphoric ester groups is 2. The van der Waals surface area contributed by atoms with E-state index < -0.39 is 97.5 Å². The van der Waals surface area contributed by atoms with Crippen LogP contribution < -0.4 is 0 Å². The van der Waals surface area contributed by atoms with Crippen molar-refractivity contribution in [1.29, 1.82) is 0 Å². The molecule has 5 unspecified atom stereocenters. The Balaban J connectivity index is 5.36. The summed E-state index contributed by atoms with van der Waals surface area (Å²) in [7, 11) is -9.94. The van der Waals surface area contributed by atoms with Crippen LogP contribution in [0.3, 0.4) is 0 Å².